The number of halogens is 1. The summed E-state index contributed by atoms with van der Waals surface area (Å²) in [7, 11) is 0. The number of rotatable bonds is 6. The minimum Gasteiger partial charge on any atom is -0.482 e. The molecule has 1 atom stereocenters. The first-order valence-corrected chi connectivity index (χ1v) is 8.05. The van der Waals surface area contributed by atoms with E-state index in [1.807, 2.05) is 26.0 Å². The Bertz CT molecular complexity index is 762. The SMILES string of the molecule is Cc1ccc(OCC(=O)OC(C)C(=O)Nc2ccc(Cl)cn2)cc1C. The lowest BCUT2D eigenvalue weighted by Gasteiger charge is -2.14. The van der Waals surface area contributed by atoms with E-state index < -0.39 is 18.0 Å². The number of aromatic nitrogens is 1. The molecule has 25 heavy (non-hydrogen) atoms. The molecule has 0 aliphatic carbocycles. The quantitative estimate of drug-likeness (QED) is 0.798. The van der Waals surface area contributed by atoms with E-state index in [-0.39, 0.29) is 6.61 Å². The van der Waals surface area contributed by atoms with Crippen molar-refractivity contribution in [1.82, 2.24) is 4.98 Å². The summed E-state index contributed by atoms with van der Waals surface area (Å²) in [6.07, 6.45) is 0.430. The molecule has 0 saturated heterocycles. The fraction of sp³-hybridized carbons (Fsp3) is 0.278. The van der Waals surface area contributed by atoms with Crippen LogP contribution in [0.15, 0.2) is 36.5 Å². The van der Waals surface area contributed by atoms with Crippen LogP contribution in [0.25, 0.3) is 0 Å². The van der Waals surface area contributed by atoms with Crippen LogP contribution in [0.3, 0.4) is 0 Å². The number of aryl methyl sites for hydroxylation is 2. The van der Waals surface area contributed by atoms with Gasteiger partial charge in [0, 0.05) is 6.20 Å². The van der Waals surface area contributed by atoms with Crippen LogP contribution in [-0.2, 0) is 14.3 Å². The molecule has 7 heteroatoms. The molecule has 1 amide bonds. The zero-order valence-corrected chi connectivity index (χ0v) is 15.0. The first-order chi connectivity index (χ1) is 11.8. The van der Waals surface area contributed by atoms with Crippen LogP contribution in [0.5, 0.6) is 5.75 Å². The maximum Gasteiger partial charge on any atom is 0.344 e. The first-order valence-electron chi connectivity index (χ1n) is 7.67. The zero-order valence-electron chi connectivity index (χ0n) is 14.2. The molecule has 1 aromatic heterocycles. The number of esters is 1. The zero-order chi connectivity index (χ0) is 18.4. The van der Waals surface area contributed by atoms with Crippen molar-refractivity contribution in [2.75, 3.05) is 11.9 Å². The van der Waals surface area contributed by atoms with Crippen molar-refractivity contribution in [2.45, 2.75) is 26.9 Å². The van der Waals surface area contributed by atoms with Crippen molar-refractivity contribution in [3.05, 3.63) is 52.7 Å². The second-order valence-electron chi connectivity index (χ2n) is 5.52. The predicted octanol–water partition coefficient (Wildman–Crippen LogP) is 3.30. The molecule has 1 N–H and O–H groups in total. The molecule has 0 fully saturated rings. The highest BCUT2D eigenvalue weighted by molar-refractivity contribution is 6.30. The number of hydrogen-bond acceptors (Lipinski definition) is 5. The van der Waals surface area contributed by atoms with Gasteiger partial charge in [-0.2, -0.15) is 0 Å². The van der Waals surface area contributed by atoms with Gasteiger partial charge in [-0.15, -0.1) is 0 Å². The van der Waals surface area contributed by atoms with Crippen LogP contribution < -0.4 is 10.1 Å². The monoisotopic (exact) mass is 362 g/mol. The van der Waals surface area contributed by atoms with Gasteiger partial charge in [-0.1, -0.05) is 17.7 Å². The Hall–Kier alpha value is -2.60. The van der Waals surface area contributed by atoms with Gasteiger partial charge in [0.1, 0.15) is 11.6 Å². The van der Waals surface area contributed by atoms with Gasteiger partial charge in [-0.25, -0.2) is 9.78 Å². The molecule has 0 spiro atoms. The van der Waals surface area contributed by atoms with Gasteiger partial charge in [-0.05, 0) is 56.2 Å². The van der Waals surface area contributed by atoms with Crippen molar-refractivity contribution in [2.24, 2.45) is 0 Å². The van der Waals surface area contributed by atoms with Gasteiger partial charge in [0.2, 0.25) is 0 Å². The average molecular weight is 363 g/mol. The second-order valence-corrected chi connectivity index (χ2v) is 5.95. The van der Waals surface area contributed by atoms with Crippen molar-refractivity contribution < 1.29 is 19.1 Å². The van der Waals surface area contributed by atoms with Crippen molar-refractivity contribution in [1.29, 1.82) is 0 Å². The summed E-state index contributed by atoms with van der Waals surface area (Å²) in [6.45, 7) is 5.14. The van der Waals surface area contributed by atoms with Crippen LogP contribution >= 0.6 is 11.6 Å². The van der Waals surface area contributed by atoms with Gasteiger partial charge in [0.15, 0.2) is 12.7 Å². The first kappa shape index (κ1) is 18.7. The summed E-state index contributed by atoms with van der Waals surface area (Å²) >= 11 is 5.72. The molecule has 2 rings (SSSR count). The highest BCUT2D eigenvalue weighted by Crippen LogP contribution is 2.16. The molecule has 132 valence electrons. The van der Waals surface area contributed by atoms with Crippen LogP contribution in [0.4, 0.5) is 5.82 Å². The van der Waals surface area contributed by atoms with Gasteiger partial charge >= 0.3 is 5.97 Å². The minimum absolute atomic E-state index is 0.278. The molecule has 1 unspecified atom stereocenters. The Balaban J connectivity index is 1.81. The van der Waals surface area contributed by atoms with Crippen LogP contribution in [0, 0.1) is 13.8 Å². The number of anilines is 1. The Morgan fingerprint density at radius 2 is 1.96 bits per heavy atom. The van der Waals surface area contributed by atoms with E-state index in [2.05, 4.69) is 10.3 Å². The fourth-order valence-electron chi connectivity index (χ4n) is 1.91. The fourth-order valence-corrected chi connectivity index (χ4v) is 2.02. The number of benzene rings is 1. The standard InChI is InChI=1S/C18H19ClN2O4/c1-11-4-6-15(8-12(11)2)24-10-17(22)25-13(3)18(23)21-16-7-5-14(19)9-20-16/h4-9,13H,10H2,1-3H3,(H,20,21,23). The Kier molecular flexibility index (Phi) is 6.36. The number of carbonyl (C=O) groups is 2. The maximum absolute atomic E-state index is 12.0. The Labute approximate surface area is 151 Å². The second kappa shape index (κ2) is 8.48. The lowest BCUT2D eigenvalue weighted by Crippen LogP contribution is -2.31. The summed E-state index contributed by atoms with van der Waals surface area (Å²) in [6, 6.07) is 8.67. The molecule has 0 aliphatic rings. The van der Waals surface area contributed by atoms with Gasteiger partial charge in [-0.3, -0.25) is 4.79 Å². The summed E-state index contributed by atoms with van der Waals surface area (Å²) in [5.74, 6) is -0.231. The molecule has 1 aromatic carbocycles. The number of carbonyl (C=O) groups excluding carboxylic acids is 2. The molecule has 2 aromatic rings. The summed E-state index contributed by atoms with van der Waals surface area (Å²) in [5, 5.41) is 2.99. The Morgan fingerprint density at radius 3 is 2.60 bits per heavy atom. The van der Waals surface area contributed by atoms with E-state index in [0.717, 1.165) is 11.1 Å². The molecule has 0 saturated carbocycles. The topological polar surface area (TPSA) is 77.5 Å². The normalized spacial score (nSPS) is 11.5. The molecule has 6 nitrogen and oxygen atoms in total. The van der Waals surface area contributed by atoms with Gasteiger partial charge in [0.25, 0.3) is 5.91 Å². The average Bonchev–Trinajstić information content (AvgIpc) is 2.58. The van der Waals surface area contributed by atoms with Crippen LogP contribution in [0.2, 0.25) is 5.02 Å². The number of amides is 1. The van der Waals surface area contributed by atoms with Gasteiger partial charge < -0.3 is 14.8 Å². The minimum atomic E-state index is -0.978. The van der Waals surface area contributed by atoms with Crippen LogP contribution in [-0.4, -0.2) is 29.6 Å². The number of nitrogens with one attached hydrogen (secondary N) is 1. The number of pyridine rings is 1. The molecule has 0 aliphatic heterocycles. The highest BCUT2D eigenvalue weighted by atomic mass is 35.5. The third kappa shape index (κ3) is 5.76. The highest BCUT2D eigenvalue weighted by Gasteiger charge is 2.18. The van der Waals surface area contributed by atoms with E-state index in [4.69, 9.17) is 21.1 Å². The van der Waals surface area contributed by atoms with Crippen molar-refractivity contribution in [3.63, 3.8) is 0 Å². The largest absolute Gasteiger partial charge is 0.482 e. The van der Waals surface area contributed by atoms with Crippen molar-refractivity contribution in [3.8, 4) is 5.75 Å². The molecule has 1 heterocycles. The number of nitrogens with zero attached hydrogens (tertiary/aromatic N) is 1. The van der Waals surface area contributed by atoms with E-state index in [9.17, 15) is 9.59 Å². The molecular formula is C18H19ClN2O4. The lowest BCUT2D eigenvalue weighted by atomic mass is 10.1. The molecular weight excluding hydrogens is 344 g/mol. The Morgan fingerprint density at radius 1 is 1.20 bits per heavy atom. The third-order valence-corrected chi connectivity index (χ3v) is 3.71. The third-order valence-electron chi connectivity index (χ3n) is 3.49. The van der Waals surface area contributed by atoms with Gasteiger partial charge in [0.05, 0.1) is 5.02 Å². The van der Waals surface area contributed by atoms with Crippen molar-refractivity contribution >= 4 is 29.3 Å². The van der Waals surface area contributed by atoms with E-state index in [1.54, 1.807) is 18.2 Å². The summed E-state index contributed by atoms with van der Waals surface area (Å²) < 4.78 is 10.4. The van der Waals surface area contributed by atoms with E-state index >= 15 is 0 Å². The van der Waals surface area contributed by atoms with E-state index in [1.165, 1.54) is 13.1 Å². The molecule has 0 radical (unpaired) electrons. The maximum atomic E-state index is 12.0. The smallest absolute Gasteiger partial charge is 0.344 e. The number of hydrogen-bond donors (Lipinski definition) is 1. The predicted molar refractivity (Wildman–Crippen MR) is 94.8 cm³/mol. The van der Waals surface area contributed by atoms with E-state index in [0.29, 0.717) is 16.6 Å². The summed E-state index contributed by atoms with van der Waals surface area (Å²) in [4.78, 5) is 27.7. The van der Waals surface area contributed by atoms with Crippen LogP contribution in [0.1, 0.15) is 18.1 Å². The summed E-state index contributed by atoms with van der Waals surface area (Å²) in [5.41, 5.74) is 2.20. The molecule has 0 bridgehead atoms. The number of ether oxygens (including phenoxy) is 2. The lowest BCUT2D eigenvalue weighted by molar-refractivity contribution is -0.155.